The van der Waals surface area contributed by atoms with E-state index < -0.39 is 0 Å². The normalized spacial score (nSPS) is 10.8. The summed E-state index contributed by atoms with van der Waals surface area (Å²) in [6.07, 6.45) is 0. The molecule has 0 aliphatic rings. The van der Waals surface area contributed by atoms with Crippen molar-refractivity contribution < 1.29 is 20.1 Å². The lowest BCUT2D eigenvalue weighted by Gasteiger charge is -2.29. The van der Waals surface area contributed by atoms with Gasteiger partial charge in [0.05, 0.1) is 11.4 Å². The molecule has 0 aromatic heterocycles. The fourth-order valence-corrected chi connectivity index (χ4v) is 3.91. The van der Waals surface area contributed by atoms with Gasteiger partial charge in [-0.2, -0.15) is 0 Å². The zero-order valence-electron chi connectivity index (χ0n) is 19.1. The highest BCUT2D eigenvalue weighted by Gasteiger charge is 2.22. The maximum atomic E-state index is 10.7. The minimum Gasteiger partial charge on any atom is -0.508 e. The number of para-hydroxylation sites is 2. The highest BCUT2D eigenvalue weighted by Crippen LogP contribution is 2.46. The molecule has 4 aromatic carbocycles. The molecule has 0 heterocycles. The van der Waals surface area contributed by atoms with Crippen molar-refractivity contribution in [2.45, 2.75) is 27.7 Å². The number of hydrogen-bond acceptors (Lipinski definition) is 5. The monoisotopic (exact) mass is 441 g/mol. The second-order valence-corrected chi connectivity index (χ2v) is 8.22. The van der Waals surface area contributed by atoms with Gasteiger partial charge in [-0.15, -0.1) is 0 Å². The fraction of sp³-hybridized carbons (Fsp3) is 0.143. The second-order valence-electron chi connectivity index (χ2n) is 8.22. The van der Waals surface area contributed by atoms with Crippen LogP contribution >= 0.6 is 0 Å². The minimum atomic E-state index is 0.119. The van der Waals surface area contributed by atoms with Gasteiger partial charge in [0, 0.05) is 5.69 Å². The van der Waals surface area contributed by atoms with Gasteiger partial charge in [-0.25, -0.2) is 0 Å². The Labute approximate surface area is 193 Å². The van der Waals surface area contributed by atoms with E-state index in [9.17, 15) is 15.3 Å². The number of ether oxygens (including phenoxy) is 1. The van der Waals surface area contributed by atoms with Gasteiger partial charge >= 0.3 is 0 Å². The third-order valence-electron chi connectivity index (χ3n) is 5.70. The van der Waals surface area contributed by atoms with Crippen LogP contribution < -0.4 is 9.64 Å². The summed E-state index contributed by atoms with van der Waals surface area (Å²) in [6, 6.07) is 21.6. The van der Waals surface area contributed by atoms with Gasteiger partial charge in [0.15, 0.2) is 0 Å². The van der Waals surface area contributed by atoms with Crippen molar-refractivity contribution in [3.63, 3.8) is 0 Å². The standard InChI is InChI=1S/C28H27NO4/c1-17-7-5-9-23(30)27(17)29(28-18(2)8-6-10-24(28)31)21-11-13-22(14-12-21)33-26-16-19(3)25(32)15-20(26)4/h5-16,30-32H,1-4H3. The average Bonchev–Trinajstić information content (AvgIpc) is 2.76. The van der Waals surface area contributed by atoms with Crippen molar-refractivity contribution in [1.29, 1.82) is 0 Å². The third kappa shape index (κ3) is 4.30. The summed E-state index contributed by atoms with van der Waals surface area (Å²) in [5, 5.41) is 31.3. The first-order valence-electron chi connectivity index (χ1n) is 10.7. The molecule has 33 heavy (non-hydrogen) atoms. The number of phenolic OH excluding ortho intramolecular Hbond substituents is 3. The molecule has 5 nitrogen and oxygen atoms in total. The highest BCUT2D eigenvalue weighted by molar-refractivity contribution is 5.86. The Bertz CT molecular complexity index is 1220. The Morgan fingerprint density at radius 1 is 0.576 bits per heavy atom. The molecule has 0 amide bonds. The maximum absolute atomic E-state index is 10.7. The molecule has 5 heteroatoms. The lowest BCUT2D eigenvalue weighted by molar-refractivity contribution is 0.458. The molecule has 0 saturated heterocycles. The summed E-state index contributed by atoms with van der Waals surface area (Å²) in [4.78, 5) is 1.86. The van der Waals surface area contributed by atoms with E-state index in [0.29, 0.717) is 22.9 Å². The van der Waals surface area contributed by atoms with Crippen LogP contribution in [-0.4, -0.2) is 15.3 Å². The van der Waals surface area contributed by atoms with Crippen LogP contribution in [0, 0.1) is 27.7 Å². The van der Waals surface area contributed by atoms with Gasteiger partial charge in [-0.1, -0.05) is 24.3 Å². The molecule has 0 spiro atoms. The van der Waals surface area contributed by atoms with E-state index in [4.69, 9.17) is 4.74 Å². The van der Waals surface area contributed by atoms with E-state index in [1.54, 1.807) is 30.3 Å². The Morgan fingerprint density at radius 2 is 1.12 bits per heavy atom. The van der Waals surface area contributed by atoms with Gasteiger partial charge in [0.25, 0.3) is 0 Å². The zero-order chi connectivity index (χ0) is 23.7. The molecule has 0 radical (unpaired) electrons. The molecule has 0 bridgehead atoms. The summed E-state index contributed by atoms with van der Waals surface area (Å²) in [5.41, 5.74) is 5.26. The number of nitrogens with zero attached hydrogens (tertiary/aromatic N) is 1. The maximum Gasteiger partial charge on any atom is 0.139 e. The fourth-order valence-electron chi connectivity index (χ4n) is 3.91. The molecule has 0 unspecified atom stereocenters. The zero-order valence-corrected chi connectivity index (χ0v) is 19.1. The molecule has 0 atom stereocenters. The Balaban J connectivity index is 1.78. The first kappa shape index (κ1) is 22.1. The topological polar surface area (TPSA) is 73.2 Å². The number of hydrogen-bond donors (Lipinski definition) is 3. The number of phenols is 3. The Hall–Kier alpha value is -4.12. The van der Waals surface area contributed by atoms with E-state index in [0.717, 1.165) is 27.9 Å². The Kier molecular flexibility index (Phi) is 5.88. The van der Waals surface area contributed by atoms with Gasteiger partial charge in [0.1, 0.15) is 28.7 Å². The molecular weight excluding hydrogens is 414 g/mol. The van der Waals surface area contributed by atoms with Crippen molar-refractivity contribution in [3.8, 4) is 28.7 Å². The molecule has 0 aliphatic carbocycles. The summed E-state index contributed by atoms with van der Waals surface area (Å²) in [7, 11) is 0. The molecule has 0 aliphatic heterocycles. The highest BCUT2D eigenvalue weighted by atomic mass is 16.5. The van der Waals surface area contributed by atoms with Crippen molar-refractivity contribution >= 4 is 17.1 Å². The molecular formula is C28H27NO4. The SMILES string of the molecule is Cc1cc(Oc2ccc(N(c3c(C)cccc3O)c3c(C)cccc3O)cc2)c(C)cc1O. The minimum absolute atomic E-state index is 0.119. The molecule has 4 aromatic rings. The lowest BCUT2D eigenvalue weighted by Crippen LogP contribution is -2.13. The summed E-state index contributed by atoms with van der Waals surface area (Å²) in [6.45, 7) is 7.55. The molecule has 4 rings (SSSR count). The predicted octanol–water partition coefficient (Wildman–Crippen LogP) is 7.30. The van der Waals surface area contributed by atoms with Crippen LogP contribution in [0.2, 0.25) is 0 Å². The van der Waals surface area contributed by atoms with Crippen molar-refractivity contribution in [3.05, 3.63) is 95.1 Å². The average molecular weight is 442 g/mol. The lowest BCUT2D eigenvalue weighted by atomic mass is 10.1. The van der Waals surface area contributed by atoms with Crippen molar-refractivity contribution in [2.75, 3.05) is 4.90 Å². The van der Waals surface area contributed by atoms with Gasteiger partial charge in [-0.05, 0) is 98.5 Å². The summed E-state index contributed by atoms with van der Waals surface area (Å²) in [5.74, 6) is 1.78. The number of aryl methyl sites for hydroxylation is 4. The molecule has 3 N–H and O–H groups in total. The van der Waals surface area contributed by atoms with Crippen LogP contribution in [0.15, 0.2) is 72.8 Å². The number of rotatable bonds is 5. The van der Waals surface area contributed by atoms with Crippen molar-refractivity contribution in [2.24, 2.45) is 0 Å². The molecule has 168 valence electrons. The van der Waals surface area contributed by atoms with Crippen LogP contribution in [0.4, 0.5) is 17.1 Å². The van der Waals surface area contributed by atoms with E-state index in [-0.39, 0.29) is 17.2 Å². The smallest absolute Gasteiger partial charge is 0.139 e. The van der Waals surface area contributed by atoms with Crippen LogP contribution in [0.5, 0.6) is 28.7 Å². The van der Waals surface area contributed by atoms with Gasteiger partial charge < -0.3 is 25.0 Å². The van der Waals surface area contributed by atoms with Crippen LogP contribution in [0.25, 0.3) is 0 Å². The Morgan fingerprint density at radius 3 is 1.64 bits per heavy atom. The first-order valence-corrected chi connectivity index (χ1v) is 10.7. The third-order valence-corrected chi connectivity index (χ3v) is 5.70. The summed E-state index contributed by atoms with van der Waals surface area (Å²) >= 11 is 0. The largest absolute Gasteiger partial charge is 0.508 e. The first-order chi connectivity index (χ1) is 15.8. The number of anilines is 3. The van der Waals surface area contributed by atoms with E-state index in [1.165, 1.54) is 0 Å². The van der Waals surface area contributed by atoms with E-state index in [1.807, 2.05) is 75.1 Å². The van der Waals surface area contributed by atoms with Crippen LogP contribution in [0.3, 0.4) is 0 Å². The van der Waals surface area contributed by atoms with Crippen LogP contribution in [-0.2, 0) is 0 Å². The van der Waals surface area contributed by atoms with Crippen LogP contribution in [0.1, 0.15) is 22.3 Å². The summed E-state index contributed by atoms with van der Waals surface area (Å²) < 4.78 is 6.06. The van der Waals surface area contributed by atoms with E-state index >= 15 is 0 Å². The van der Waals surface area contributed by atoms with Crippen molar-refractivity contribution in [1.82, 2.24) is 0 Å². The van der Waals surface area contributed by atoms with E-state index in [2.05, 4.69) is 0 Å². The number of benzene rings is 4. The second kappa shape index (κ2) is 8.79. The van der Waals surface area contributed by atoms with Gasteiger partial charge in [-0.3, -0.25) is 0 Å². The quantitative estimate of drug-likeness (QED) is 0.303. The number of aromatic hydroxyl groups is 3. The predicted molar refractivity (Wildman–Crippen MR) is 132 cm³/mol. The van der Waals surface area contributed by atoms with Gasteiger partial charge in [0.2, 0.25) is 0 Å². The molecule has 0 saturated carbocycles. The molecule has 0 fully saturated rings.